The Balaban J connectivity index is 2.36. The van der Waals surface area contributed by atoms with Gasteiger partial charge < -0.3 is 0 Å². The van der Waals surface area contributed by atoms with Crippen LogP contribution in [0, 0.1) is 22.7 Å². The van der Waals surface area contributed by atoms with Crippen LogP contribution in [0.3, 0.4) is 0 Å². The van der Waals surface area contributed by atoms with Crippen LogP contribution in [0.4, 0.5) is 0 Å². The number of hydrogen-bond donors (Lipinski definition) is 0. The van der Waals surface area contributed by atoms with E-state index in [1.807, 2.05) is 60.7 Å². The number of hydrogen-bond acceptors (Lipinski definition) is 2. The van der Waals surface area contributed by atoms with Crippen LogP contribution in [-0.4, -0.2) is 15.0 Å². The molecule has 0 heterocycles. The summed E-state index contributed by atoms with van der Waals surface area (Å²) in [6.45, 7) is 0. The van der Waals surface area contributed by atoms with Crippen molar-refractivity contribution in [2.24, 2.45) is 0 Å². The van der Waals surface area contributed by atoms with E-state index in [0.29, 0.717) is 0 Å². The van der Waals surface area contributed by atoms with Gasteiger partial charge in [0.1, 0.15) is 0 Å². The van der Waals surface area contributed by atoms with E-state index < -0.39 is 0 Å². The van der Waals surface area contributed by atoms with Crippen LogP contribution >= 0.6 is 0 Å². The summed E-state index contributed by atoms with van der Waals surface area (Å²) in [5.41, 5.74) is 2.05. The Labute approximate surface area is 130 Å². The van der Waals surface area contributed by atoms with E-state index in [0.717, 1.165) is 20.1 Å². The van der Waals surface area contributed by atoms with Gasteiger partial charge in [-0.05, 0) is 0 Å². The average Bonchev–Trinajstić information content (AvgIpc) is 2.55. The van der Waals surface area contributed by atoms with Gasteiger partial charge in [0.05, 0.1) is 0 Å². The van der Waals surface area contributed by atoms with Crippen LogP contribution < -0.4 is 0 Å². The van der Waals surface area contributed by atoms with E-state index in [2.05, 4.69) is 12.1 Å². The van der Waals surface area contributed by atoms with E-state index in [9.17, 15) is 0 Å². The summed E-state index contributed by atoms with van der Waals surface area (Å²) in [6.07, 6.45) is 3.15. The van der Waals surface area contributed by atoms with Gasteiger partial charge in [0, 0.05) is 0 Å². The molecule has 100 valence electrons. The van der Waals surface area contributed by atoms with Crippen LogP contribution in [0.5, 0.6) is 0 Å². The molecule has 3 heteroatoms. The molecule has 0 unspecified atom stereocenters. The first-order valence-electron chi connectivity index (χ1n) is 6.33. The van der Waals surface area contributed by atoms with Crippen molar-refractivity contribution in [3.05, 3.63) is 83.9 Å². The maximum atomic E-state index is 9.01. The minimum atomic E-state index is -0.103. The summed E-state index contributed by atoms with van der Waals surface area (Å²) in [6, 6.07) is 23.9. The van der Waals surface area contributed by atoms with E-state index in [1.165, 1.54) is 0 Å². The zero-order valence-corrected chi connectivity index (χ0v) is 12.9. The second-order valence-electron chi connectivity index (χ2n) is 4.11. The first-order valence-corrected chi connectivity index (χ1v) is 8.04. The molecule has 0 amide bonds. The Kier molecular flexibility index (Phi) is 5.56. The molecule has 0 N–H and O–H groups in total. The molecule has 2 rings (SSSR count). The summed E-state index contributed by atoms with van der Waals surface area (Å²) in [7, 11) is 0. The SMILES string of the molecule is N#CC=C([Se]C(=CC#N)c1ccccc1)c1ccccc1. The zero-order valence-electron chi connectivity index (χ0n) is 11.2. The van der Waals surface area contributed by atoms with E-state index in [4.69, 9.17) is 10.5 Å². The third-order valence-corrected chi connectivity index (χ3v) is 5.13. The molecule has 0 atom stereocenters. The Morgan fingerprint density at radius 3 is 1.43 bits per heavy atom. The number of allylic oxidation sites excluding steroid dienone is 2. The fourth-order valence-electron chi connectivity index (χ4n) is 1.78. The molecule has 2 nitrogen and oxygen atoms in total. The number of nitrogens with zero attached hydrogens (tertiary/aromatic N) is 2. The zero-order chi connectivity index (χ0) is 14.9. The Bertz CT molecular complexity index is 667. The Morgan fingerprint density at radius 1 is 0.714 bits per heavy atom. The molecular formula is C18H12N2Se. The van der Waals surface area contributed by atoms with Crippen LogP contribution in [0.15, 0.2) is 72.8 Å². The normalized spacial score (nSPS) is 11.5. The molecule has 2 aromatic rings. The van der Waals surface area contributed by atoms with Crippen molar-refractivity contribution >= 4 is 23.9 Å². The van der Waals surface area contributed by atoms with Crippen molar-refractivity contribution in [3.8, 4) is 12.1 Å². The van der Waals surface area contributed by atoms with Gasteiger partial charge in [-0.15, -0.1) is 0 Å². The third kappa shape index (κ3) is 4.20. The molecule has 0 fully saturated rings. The van der Waals surface area contributed by atoms with Crippen molar-refractivity contribution in [2.45, 2.75) is 0 Å². The molecule has 0 saturated carbocycles. The molecule has 0 saturated heterocycles. The molecule has 0 aliphatic carbocycles. The van der Waals surface area contributed by atoms with E-state index in [-0.39, 0.29) is 15.0 Å². The van der Waals surface area contributed by atoms with Gasteiger partial charge in [0.15, 0.2) is 0 Å². The number of benzene rings is 2. The second-order valence-corrected chi connectivity index (χ2v) is 6.38. The molecule has 0 aromatic heterocycles. The quantitative estimate of drug-likeness (QED) is 0.630. The summed E-state index contributed by atoms with van der Waals surface area (Å²) in [5.74, 6) is 0. The summed E-state index contributed by atoms with van der Waals surface area (Å²) in [4.78, 5) is 0. The summed E-state index contributed by atoms with van der Waals surface area (Å²) in [5, 5.41) is 18.0. The topological polar surface area (TPSA) is 47.6 Å². The van der Waals surface area contributed by atoms with Crippen molar-refractivity contribution in [2.75, 3.05) is 0 Å². The van der Waals surface area contributed by atoms with Crippen molar-refractivity contribution in [3.63, 3.8) is 0 Å². The minimum absolute atomic E-state index is 0.103. The molecule has 0 aliphatic rings. The average molecular weight is 335 g/mol. The fraction of sp³-hybridized carbons (Fsp3) is 0. The van der Waals surface area contributed by atoms with E-state index >= 15 is 0 Å². The van der Waals surface area contributed by atoms with Crippen LogP contribution in [0.1, 0.15) is 11.1 Å². The van der Waals surface area contributed by atoms with E-state index in [1.54, 1.807) is 12.2 Å². The predicted octanol–water partition coefficient (Wildman–Crippen LogP) is 3.82. The first-order chi connectivity index (χ1) is 10.3. The standard InChI is InChI=1S/C18H12N2Se/c19-13-11-17(15-7-3-1-4-8-15)21-18(12-14-20)16-9-5-2-6-10-16/h1-12H. The van der Waals surface area contributed by atoms with Crippen LogP contribution in [0.2, 0.25) is 0 Å². The molecule has 0 aliphatic heterocycles. The predicted molar refractivity (Wildman–Crippen MR) is 85.8 cm³/mol. The van der Waals surface area contributed by atoms with Crippen LogP contribution in [-0.2, 0) is 0 Å². The molecule has 0 spiro atoms. The molecule has 0 radical (unpaired) electrons. The molecule has 2 aromatic carbocycles. The number of rotatable bonds is 4. The van der Waals surface area contributed by atoms with Crippen LogP contribution in [0.25, 0.3) is 8.94 Å². The summed E-state index contributed by atoms with van der Waals surface area (Å²) < 4.78 is 1.94. The molecular weight excluding hydrogens is 323 g/mol. The van der Waals surface area contributed by atoms with Gasteiger partial charge in [-0.3, -0.25) is 0 Å². The van der Waals surface area contributed by atoms with Gasteiger partial charge in [0.2, 0.25) is 0 Å². The Morgan fingerprint density at radius 2 is 1.10 bits per heavy atom. The molecule has 0 bridgehead atoms. The van der Waals surface area contributed by atoms with Gasteiger partial charge >= 0.3 is 131 Å². The Hall–Kier alpha value is -2.58. The van der Waals surface area contributed by atoms with Gasteiger partial charge in [0.25, 0.3) is 0 Å². The van der Waals surface area contributed by atoms with Gasteiger partial charge in [-0.25, -0.2) is 0 Å². The van der Waals surface area contributed by atoms with Crippen molar-refractivity contribution < 1.29 is 0 Å². The van der Waals surface area contributed by atoms with Crippen molar-refractivity contribution in [1.29, 1.82) is 10.5 Å². The number of nitriles is 2. The maximum absolute atomic E-state index is 9.01. The second kappa shape index (κ2) is 7.88. The summed E-state index contributed by atoms with van der Waals surface area (Å²) >= 11 is -0.103. The fourth-order valence-corrected chi connectivity index (χ4v) is 3.82. The monoisotopic (exact) mass is 336 g/mol. The first kappa shape index (κ1) is 14.8. The third-order valence-electron chi connectivity index (χ3n) is 2.73. The van der Waals surface area contributed by atoms with Gasteiger partial charge in [-0.1, -0.05) is 0 Å². The van der Waals surface area contributed by atoms with Gasteiger partial charge in [-0.2, -0.15) is 0 Å². The van der Waals surface area contributed by atoms with Crippen molar-refractivity contribution in [1.82, 2.24) is 0 Å². The molecule has 21 heavy (non-hydrogen) atoms.